The van der Waals surface area contributed by atoms with Crippen LogP contribution in [-0.4, -0.2) is 38.3 Å². The van der Waals surface area contributed by atoms with Gasteiger partial charge in [0.1, 0.15) is 18.1 Å². The molecule has 1 aliphatic rings. The fourth-order valence-corrected chi connectivity index (χ4v) is 3.64. The molecule has 0 spiro atoms. The molecule has 7 heteroatoms. The number of hydrogen-bond donors (Lipinski definition) is 1. The van der Waals surface area contributed by atoms with Crippen molar-refractivity contribution in [1.82, 2.24) is 14.9 Å². The highest BCUT2D eigenvalue weighted by molar-refractivity contribution is 6.46. The third-order valence-electron chi connectivity index (χ3n) is 5.11. The minimum Gasteiger partial charge on any atom is -0.507 e. The lowest BCUT2D eigenvalue weighted by Crippen LogP contribution is -2.29. The minimum atomic E-state index is -0.777. The lowest BCUT2D eigenvalue weighted by molar-refractivity contribution is -0.140. The molecule has 1 N–H and O–H groups in total. The molecule has 1 atom stereocenters. The van der Waals surface area contributed by atoms with Gasteiger partial charge in [-0.25, -0.2) is 0 Å². The maximum absolute atomic E-state index is 13.0. The number of likely N-dealkylation sites (tertiary alicyclic amines) is 1. The number of carbonyl (C=O) groups excluding carboxylic acids is 2. The van der Waals surface area contributed by atoms with Crippen LogP contribution in [0.2, 0.25) is 0 Å². The van der Waals surface area contributed by atoms with E-state index in [0.29, 0.717) is 23.5 Å². The van der Waals surface area contributed by atoms with E-state index < -0.39 is 17.7 Å². The first-order valence-corrected chi connectivity index (χ1v) is 10.0. The van der Waals surface area contributed by atoms with E-state index in [0.717, 1.165) is 5.56 Å². The molecule has 1 saturated heterocycles. The Balaban J connectivity index is 1.77. The second kappa shape index (κ2) is 9.26. The molecule has 3 heterocycles. The fraction of sp³-hybridized carbons (Fsp3) is 0.120. The van der Waals surface area contributed by atoms with Crippen molar-refractivity contribution >= 4 is 17.4 Å². The number of hydrogen-bond acceptors (Lipinski definition) is 6. The summed E-state index contributed by atoms with van der Waals surface area (Å²) in [7, 11) is 0. The van der Waals surface area contributed by atoms with E-state index >= 15 is 0 Å². The number of nitrogens with zero attached hydrogens (tertiary/aromatic N) is 3. The normalized spacial score (nSPS) is 17.4. The van der Waals surface area contributed by atoms with Crippen LogP contribution in [0.15, 0.2) is 91.5 Å². The molecule has 1 aromatic carbocycles. The summed E-state index contributed by atoms with van der Waals surface area (Å²) in [5, 5.41) is 11.1. The van der Waals surface area contributed by atoms with Crippen LogP contribution in [0.5, 0.6) is 5.75 Å². The molecule has 0 radical (unpaired) electrons. The molecule has 0 saturated carbocycles. The zero-order chi connectivity index (χ0) is 22.5. The summed E-state index contributed by atoms with van der Waals surface area (Å²) in [4.78, 5) is 35.7. The first kappa shape index (κ1) is 21.0. The van der Waals surface area contributed by atoms with Crippen LogP contribution in [0.4, 0.5) is 0 Å². The van der Waals surface area contributed by atoms with Crippen LogP contribution < -0.4 is 4.74 Å². The third-order valence-corrected chi connectivity index (χ3v) is 5.11. The Kier molecular flexibility index (Phi) is 6.07. The topological polar surface area (TPSA) is 92.6 Å². The molecule has 7 nitrogen and oxygen atoms in total. The van der Waals surface area contributed by atoms with Gasteiger partial charge in [-0.05, 0) is 47.5 Å². The molecular weight excluding hydrogens is 406 g/mol. The number of aromatic nitrogens is 2. The first-order chi connectivity index (χ1) is 15.6. The molecule has 4 rings (SSSR count). The number of ether oxygens (including phenoxy) is 1. The van der Waals surface area contributed by atoms with Crippen molar-refractivity contribution < 1.29 is 19.4 Å². The van der Waals surface area contributed by atoms with E-state index in [1.807, 2.05) is 6.07 Å². The molecular formula is C25H21N3O4. The predicted molar refractivity (Wildman–Crippen MR) is 118 cm³/mol. The SMILES string of the molecule is C=CCOc1ccc(C(O)=C2C(=O)C(=O)N(Cc3cccnc3)[C@H]2c2cccnc2)cc1. The van der Waals surface area contributed by atoms with Gasteiger partial charge in [-0.3, -0.25) is 19.6 Å². The second-order valence-electron chi connectivity index (χ2n) is 7.20. The van der Waals surface area contributed by atoms with Crippen LogP contribution in [0.25, 0.3) is 5.76 Å². The van der Waals surface area contributed by atoms with Crippen molar-refractivity contribution in [3.63, 3.8) is 0 Å². The molecule has 1 fully saturated rings. The number of aliphatic hydroxyl groups is 1. The smallest absolute Gasteiger partial charge is 0.295 e. The summed E-state index contributed by atoms with van der Waals surface area (Å²) < 4.78 is 5.47. The van der Waals surface area contributed by atoms with E-state index in [1.165, 1.54) is 4.90 Å². The standard InChI is InChI=1S/C25H21N3O4/c1-2-13-32-20-9-7-18(8-10-20)23(29)21-22(19-6-4-12-27-15-19)28(25(31)24(21)30)16-17-5-3-11-26-14-17/h2-12,14-15,22,29H,1,13,16H2/t22-/m0/s1. The van der Waals surface area contributed by atoms with E-state index in [2.05, 4.69) is 16.5 Å². The number of Topliss-reactive ketones (excluding diaryl/α,β-unsaturated/α-hetero) is 1. The predicted octanol–water partition coefficient (Wildman–Crippen LogP) is 3.66. The average molecular weight is 427 g/mol. The van der Waals surface area contributed by atoms with Gasteiger partial charge in [0.25, 0.3) is 11.7 Å². The van der Waals surface area contributed by atoms with E-state index in [4.69, 9.17) is 4.74 Å². The molecule has 3 aromatic rings. The van der Waals surface area contributed by atoms with Gasteiger partial charge in [0.15, 0.2) is 0 Å². The lowest BCUT2D eigenvalue weighted by atomic mass is 9.96. The molecule has 160 valence electrons. The van der Waals surface area contributed by atoms with Crippen LogP contribution in [0.1, 0.15) is 22.7 Å². The Bertz CT molecular complexity index is 1160. The summed E-state index contributed by atoms with van der Waals surface area (Å²) in [5.74, 6) is -1.08. The van der Waals surface area contributed by atoms with Crippen molar-refractivity contribution in [2.75, 3.05) is 6.61 Å². The number of carbonyl (C=O) groups is 2. The Morgan fingerprint density at radius 3 is 2.41 bits per heavy atom. The van der Waals surface area contributed by atoms with Gasteiger partial charge in [-0.1, -0.05) is 24.8 Å². The molecule has 1 amide bonds. The summed E-state index contributed by atoms with van der Waals surface area (Å²) in [5.41, 5.74) is 1.82. The number of ketones is 1. The van der Waals surface area contributed by atoms with Gasteiger partial charge in [0, 0.05) is 36.9 Å². The largest absolute Gasteiger partial charge is 0.507 e. The molecule has 0 aliphatic carbocycles. The molecule has 0 unspecified atom stereocenters. The Hall–Kier alpha value is -4.26. The molecule has 1 aliphatic heterocycles. The van der Waals surface area contributed by atoms with E-state index in [1.54, 1.807) is 73.3 Å². The van der Waals surface area contributed by atoms with Gasteiger partial charge in [-0.2, -0.15) is 0 Å². The number of aliphatic hydroxyl groups excluding tert-OH is 1. The molecule has 2 aromatic heterocycles. The summed E-state index contributed by atoms with van der Waals surface area (Å²) in [6, 6.07) is 13.0. The zero-order valence-electron chi connectivity index (χ0n) is 17.2. The molecule has 32 heavy (non-hydrogen) atoms. The summed E-state index contributed by atoms with van der Waals surface area (Å²) in [6.45, 7) is 4.13. The minimum absolute atomic E-state index is 0.0200. The van der Waals surface area contributed by atoms with Gasteiger partial charge < -0.3 is 14.7 Å². The monoisotopic (exact) mass is 427 g/mol. The van der Waals surface area contributed by atoms with Crippen molar-refractivity contribution in [3.05, 3.63) is 108 Å². The Morgan fingerprint density at radius 1 is 1.06 bits per heavy atom. The van der Waals surface area contributed by atoms with E-state index in [9.17, 15) is 14.7 Å². The maximum atomic E-state index is 13.0. The van der Waals surface area contributed by atoms with Crippen molar-refractivity contribution in [2.45, 2.75) is 12.6 Å². The number of pyridine rings is 2. The average Bonchev–Trinajstić information content (AvgIpc) is 3.09. The van der Waals surface area contributed by atoms with Gasteiger partial charge in [0.05, 0.1) is 11.6 Å². The second-order valence-corrected chi connectivity index (χ2v) is 7.20. The summed E-state index contributed by atoms with van der Waals surface area (Å²) in [6.07, 6.45) is 8.11. The Labute approximate surface area is 185 Å². The van der Waals surface area contributed by atoms with Gasteiger partial charge >= 0.3 is 0 Å². The van der Waals surface area contributed by atoms with Crippen LogP contribution in [0.3, 0.4) is 0 Å². The third kappa shape index (κ3) is 4.13. The molecule has 0 bridgehead atoms. The quantitative estimate of drug-likeness (QED) is 0.268. The van der Waals surface area contributed by atoms with Crippen molar-refractivity contribution in [2.24, 2.45) is 0 Å². The van der Waals surface area contributed by atoms with E-state index in [-0.39, 0.29) is 17.9 Å². The van der Waals surface area contributed by atoms with Crippen molar-refractivity contribution in [1.29, 1.82) is 0 Å². The fourth-order valence-electron chi connectivity index (χ4n) is 3.64. The maximum Gasteiger partial charge on any atom is 0.295 e. The van der Waals surface area contributed by atoms with Crippen LogP contribution >= 0.6 is 0 Å². The highest BCUT2D eigenvalue weighted by Crippen LogP contribution is 2.40. The number of rotatable bonds is 7. The van der Waals surface area contributed by atoms with Crippen LogP contribution in [-0.2, 0) is 16.1 Å². The number of amides is 1. The van der Waals surface area contributed by atoms with Gasteiger partial charge in [-0.15, -0.1) is 0 Å². The first-order valence-electron chi connectivity index (χ1n) is 10.0. The zero-order valence-corrected chi connectivity index (χ0v) is 17.2. The highest BCUT2D eigenvalue weighted by atomic mass is 16.5. The van der Waals surface area contributed by atoms with Gasteiger partial charge in [0.2, 0.25) is 0 Å². The lowest BCUT2D eigenvalue weighted by Gasteiger charge is -2.25. The highest BCUT2D eigenvalue weighted by Gasteiger charge is 2.46. The van der Waals surface area contributed by atoms with Crippen molar-refractivity contribution in [3.8, 4) is 5.75 Å². The summed E-state index contributed by atoms with van der Waals surface area (Å²) >= 11 is 0. The van der Waals surface area contributed by atoms with Crippen LogP contribution in [0, 0.1) is 0 Å². The Morgan fingerprint density at radius 2 is 1.78 bits per heavy atom. The number of benzene rings is 1.